The van der Waals surface area contributed by atoms with Crippen LogP contribution in [0, 0.1) is 34.6 Å². The molecule has 18 heavy (non-hydrogen) atoms. The van der Waals surface area contributed by atoms with Gasteiger partial charge < -0.3 is 0 Å². The van der Waals surface area contributed by atoms with Crippen LogP contribution in [0.5, 0.6) is 0 Å². The number of benzene rings is 1. The van der Waals surface area contributed by atoms with E-state index in [0.717, 1.165) is 12.1 Å². The quantitative estimate of drug-likeness (QED) is 0.571. The zero-order valence-electron chi connectivity index (χ0n) is 11.8. The minimum absolute atomic E-state index is 1.00. The Hall–Kier alpha value is -1.63. The molecule has 0 bridgehead atoms. The molecule has 1 heterocycles. The minimum atomic E-state index is 1.00. The summed E-state index contributed by atoms with van der Waals surface area (Å²) < 4.78 is 0. The molecule has 0 N–H and O–H groups in total. The molecule has 1 heteroatoms. The van der Waals surface area contributed by atoms with Crippen molar-refractivity contribution in [2.45, 2.75) is 41.0 Å². The molecule has 2 aromatic rings. The van der Waals surface area contributed by atoms with E-state index in [4.69, 9.17) is 4.98 Å². The number of fused-ring (bicyclic) bond motifs is 3. The van der Waals surface area contributed by atoms with Gasteiger partial charge in [-0.3, -0.25) is 4.98 Å². The maximum absolute atomic E-state index is 4.71. The van der Waals surface area contributed by atoms with Gasteiger partial charge in [-0.25, -0.2) is 0 Å². The second-order valence-corrected chi connectivity index (χ2v) is 5.48. The monoisotopic (exact) mass is 237 g/mol. The van der Waals surface area contributed by atoms with Crippen molar-refractivity contribution in [3.63, 3.8) is 0 Å². The third-order valence-corrected chi connectivity index (χ3v) is 4.54. The van der Waals surface area contributed by atoms with E-state index >= 15 is 0 Å². The molecule has 0 atom stereocenters. The fourth-order valence-electron chi connectivity index (χ4n) is 3.12. The van der Waals surface area contributed by atoms with Crippen molar-refractivity contribution in [3.8, 4) is 11.1 Å². The van der Waals surface area contributed by atoms with Gasteiger partial charge in [0.25, 0.3) is 0 Å². The predicted molar refractivity (Wildman–Crippen MR) is 76.2 cm³/mol. The summed E-state index contributed by atoms with van der Waals surface area (Å²) in [5.74, 6) is 0. The molecule has 0 radical (unpaired) electrons. The largest absolute Gasteiger partial charge is 0.257 e. The Morgan fingerprint density at radius 3 is 2.22 bits per heavy atom. The lowest BCUT2D eigenvalue weighted by Gasteiger charge is -2.15. The van der Waals surface area contributed by atoms with Crippen molar-refractivity contribution in [2.24, 2.45) is 0 Å². The average molecular weight is 237 g/mol. The number of aromatic nitrogens is 1. The predicted octanol–water partition coefficient (Wildman–Crippen LogP) is 4.19. The second kappa shape index (κ2) is 3.68. The van der Waals surface area contributed by atoms with Crippen LogP contribution in [0.25, 0.3) is 11.1 Å². The number of hydrogen-bond acceptors (Lipinski definition) is 1. The van der Waals surface area contributed by atoms with Crippen LogP contribution in [0.15, 0.2) is 12.1 Å². The SMILES string of the molecule is Cc1ccc2c(n1)Cc1c(C)c(C)c(C)c(C)c1-2. The number of pyridine rings is 1. The number of hydrogen-bond donors (Lipinski definition) is 0. The molecular weight excluding hydrogens is 218 g/mol. The molecule has 0 amide bonds. The minimum Gasteiger partial charge on any atom is -0.257 e. The van der Waals surface area contributed by atoms with Gasteiger partial charge in [0.1, 0.15) is 0 Å². The van der Waals surface area contributed by atoms with Crippen LogP contribution in [-0.4, -0.2) is 4.98 Å². The molecule has 0 spiro atoms. The van der Waals surface area contributed by atoms with Gasteiger partial charge in [-0.15, -0.1) is 0 Å². The lowest BCUT2D eigenvalue weighted by molar-refractivity contribution is 1.06. The van der Waals surface area contributed by atoms with Crippen molar-refractivity contribution < 1.29 is 0 Å². The molecule has 0 unspecified atom stereocenters. The maximum atomic E-state index is 4.71. The molecule has 1 nitrogen and oxygen atoms in total. The molecule has 1 aromatic carbocycles. The van der Waals surface area contributed by atoms with E-state index in [1.54, 1.807) is 0 Å². The molecule has 0 saturated heterocycles. The lowest BCUT2D eigenvalue weighted by atomic mass is 9.89. The van der Waals surface area contributed by atoms with Crippen molar-refractivity contribution in [3.05, 3.63) is 51.3 Å². The summed E-state index contributed by atoms with van der Waals surface area (Å²) in [6.07, 6.45) is 1.00. The van der Waals surface area contributed by atoms with Gasteiger partial charge >= 0.3 is 0 Å². The van der Waals surface area contributed by atoms with Gasteiger partial charge in [0.2, 0.25) is 0 Å². The van der Waals surface area contributed by atoms with Crippen molar-refractivity contribution >= 4 is 0 Å². The van der Waals surface area contributed by atoms with E-state index in [1.807, 2.05) is 0 Å². The Kier molecular flexibility index (Phi) is 2.34. The third-order valence-electron chi connectivity index (χ3n) is 4.54. The molecular formula is C17H19N. The van der Waals surface area contributed by atoms with E-state index in [1.165, 1.54) is 44.6 Å². The summed E-state index contributed by atoms with van der Waals surface area (Å²) in [4.78, 5) is 4.71. The van der Waals surface area contributed by atoms with Gasteiger partial charge in [0, 0.05) is 17.7 Å². The molecule has 1 aromatic heterocycles. The van der Waals surface area contributed by atoms with Gasteiger partial charge in [0.15, 0.2) is 0 Å². The summed E-state index contributed by atoms with van der Waals surface area (Å²) in [5.41, 5.74) is 12.4. The van der Waals surface area contributed by atoms with Gasteiger partial charge in [-0.2, -0.15) is 0 Å². The summed E-state index contributed by atoms with van der Waals surface area (Å²) in [6, 6.07) is 4.36. The first-order valence-electron chi connectivity index (χ1n) is 6.57. The van der Waals surface area contributed by atoms with E-state index in [0.29, 0.717) is 0 Å². The fraction of sp³-hybridized carbons (Fsp3) is 0.353. The summed E-state index contributed by atoms with van der Waals surface area (Å²) in [5, 5.41) is 0. The van der Waals surface area contributed by atoms with Crippen LogP contribution in [-0.2, 0) is 6.42 Å². The average Bonchev–Trinajstić information content (AvgIpc) is 2.72. The van der Waals surface area contributed by atoms with Gasteiger partial charge in [0.05, 0.1) is 5.69 Å². The first-order chi connectivity index (χ1) is 8.50. The van der Waals surface area contributed by atoms with Crippen LogP contribution >= 0.6 is 0 Å². The molecule has 3 rings (SSSR count). The van der Waals surface area contributed by atoms with Crippen molar-refractivity contribution in [2.75, 3.05) is 0 Å². The van der Waals surface area contributed by atoms with Crippen LogP contribution < -0.4 is 0 Å². The number of nitrogens with zero attached hydrogens (tertiary/aromatic N) is 1. The highest BCUT2D eigenvalue weighted by Gasteiger charge is 2.25. The van der Waals surface area contributed by atoms with Crippen LogP contribution in [0.1, 0.15) is 39.2 Å². The molecule has 0 aliphatic heterocycles. The number of rotatable bonds is 0. The van der Waals surface area contributed by atoms with Crippen molar-refractivity contribution in [1.82, 2.24) is 4.98 Å². The summed E-state index contributed by atoms with van der Waals surface area (Å²) in [7, 11) is 0. The summed E-state index contributed by atoms with van der Waals surface area (Å²) >= 11 is 0. The Balaban J connectivity index is 2.38. The van der Waals surface area contributed by atoms with Crippen LogP contribution in [0.3, 0.4) is 0 Å². The molecule has 0 fully saturated rings. The summed E-state index contributed by atoms with van der Waals surface area (Å²) in [6.45, 7) is 11.0. The highest BCUT2D eigenvalue weighted by atomic mass is 14.7. The molecule has 1 aliphatic rings. The van der Waals surface area contributed by atoms with E-state index in [-0.39, 0.29) is 0 Å². The standard InChI is InChI=1S/C17H19N/c1-9-6-7-14-16(18-9)8-15-12(4)10(2)11(3)13(5)17(14)15/h6-7H,8H2,1-5H3. The second-order valence-electron chi connectivity index (χ2n) is 5.48. The Labute approximate surface area is 109 Å². The van der Waals surface area contributed by atoms with E-state index in [9.17, 15) is 0 Å². The first-order valence-corrected chi connectivity index (χ1v) is 6.57. The zero-order chi connectivity index (χ0) is 13.0. The Morgan fingerprint density at radius 2 is 1.50 bits per heavy atom. The topological polar surface area (TPSA) is 12.9 Å². The Bertz CT molecular complexity index is 666. The molecule has 0 saturated carbocycles. The normalized spacial score (nSPS) is 12.5. The lowest BCUT2D eigenvalue weighted by Crippen LogP contribution is -1.98. The number of aryl methyl sites for hydroxylation is 1. The van der Waals surface area contributed by atoms with Gasteiger partial charge in [-0.05, 0) is 74.1 Å². The highest BCUT2D eigenvalue weighted by Crippen LogP contribution is 2.42. The van der Waals surface area contributed by atoms with Crippen molar-refractivity contribution in [1.29, 1.82) is 0 Å². The van der Waals surface area contributed by atoms with E-state index < -0.39 is 0 Å². The zero-order valence-corrected chi connectivity index (χ0v) is 11.8. The van der Waals surface area contributed by atoms with E-state index in [2.05, 4.69) is 46.8 Å². The molecule has 1 aliphatic carbocycles. The third kappa shape index (κ3) is 1.37. The van der Waals surface area contributed by atoms with Crippen LogP contribution in [0.4, 0.5) is 0 Å². The highest BCUT2D eigenvalue weighted by molar-refractivity contribution is 5.81. The molecule has 92 valence electrons. The smallest absolute Gasteiger partial charge is 0.0529 e. The maximum Gasteiger partial charge on any atom is 0.0529 e. The first kappa shape index (κ1) is 11.5. The Morgan fingerprint density at radius 1 is 0.833 bits per heavy atom. The fourth-order valence-corrected chi connectivity index (χ4v) is 3.12. The van der Waals surface area contributed by atoms with Crippen LogP contribution in [0.2, 0.25) is 0 Å². The van der Waals surface area contributed by atoms with Gasteiger partial charge in [-0.1, -0.05) is 6.07 Å².